The maximum Gasteiger partial charge on any atom is 0.322 e. The third-order valence-electron chi connectivity index (χ3n) is 3.66. The van der Waals surface area contributed by atoms with Crippen molar-refractivity contribution in [2.75, 3.05) is 32.6 Å². The predicted octanol–water partition coefficient (Wildman–Crippen LogP) is 2.39. The monoisotopic (exact) mass is 329 g/mol. The predicted molar refractivity (Wildman–Crippen MR) is 88.8 cm³/mol. The summed E-state index contributed by atoms with van der Waals surface area (Å²) in [6.07, 6.45) is 1.64. The lowest BCUT2D eigenvalue weighted by Gasteiger charge is -2.38. The zero-order valence-electron chi connectivity index (χ0n) is 13.6. The van der Waals surface area contributed by atoms with E-state index in [4.69, 9.17) is 14.2 Å². The second kappa shape index (κ2) is 7.08. The fourth-order valence-corrected chi connectivity index (χ4v) is 2.35. The molecule has 2 heterocycles. The number of nitrogens with one attached hydrogen (secondary N) is 1. The van der Waals surface area contributed by atoms with E-state index in [0.29, 0.717) is 36.2 Å². The summed E-state index contributed by atoms with van der Waals surface area (Å²) in [4.78, 5) is 18.0. The van der Waals surface area contributed by atoms with Gasteiger partial charge in [0, 0.05) is 36.1 Å². The van der Waals surface area contributed by atoms with Crippen LogP contribution in [0.15, 0.2) is 42.6 Å². The van der Waals surface area contributed by atoms with Crippen LogP contribution >= 0.6 is 0 Å². The van der Waals surface area contributed by atoms with Crippen molar-refractivity contribution in [1.82, 2.24) is 9.88 Å². The summed E-state index contributed by atoms with van der Waals surface area (Å²) in [6.45, 7) is 1.03. The molecule has 2 amide bonds. The SMILES string of the molecule is COc1cc(NC(=O)N2CC(Oc3ccccn3)C2)cc(OC)c1. The first-order chi connectivity index (χ1) is 11.7. The van der Waals surface area contributed by atoms with E-state index >= 15 is 0 Å². The third kappa shape index (κ3) is 3.68. The Labute approximate surface area is 140 Å². The maximum atomic E-state index is 12.3. The first kappa shape index (κ1) is 15.9. The fourth-order valence-electron chi connectivity index (χ4n) is 2.35. The van der Waals surface area contributed by atoms with E-state index in [1.807, 2.05) is 12.1 Å². The number of carbonyl (C=O) groups is 1. The third-order valence-corrected chi connectivity index (χ3v) is 3.66. The van der Waals surface area contributed by atoms with Gasteiger partial charge in [0.1, 0.15) is 17.6 Å². The first-order valence-electron chi connectivity index (χ1n) is 7.54. The summed E-state index contributed by atoms with van der Waals surface area (Å²) < 4.78 is 16.1. The molecule has 1 N–H and O–H groups in total. The smallest absolute Gasteiger partial charge is 0.322 e. The molecule has 0 atom stereocenters. The lowest BCUT2D eigenvalue weighted by Crippen LogP contribution is -2.57. The Morgan fingerprint density at radius 3 is 2.46 bits per heavy atom. The van der Waals surface area contributed by atoms with Crippen LogP contribution in [-0.4, -0.2) is 49.3 Å². The quantitative estimate of drug-likeness (QED) is 0.912. The number of nitrogens with zero attached hydrogens (tertiary/aromatic N) is 2. The van der Waals surface area contributed by atoms with E-state index in [-0.39, 0.29) is 12.1 Å². The van der Waals surface area contributed by atoms with Crippen LogP contribution in [0.5, 0.6) is 17.4 Å². The number of ether oxygens (including phenoxy) is 3. The van der Waals surface area contributed by atoms with Gasteiger partial charge in [0.25, 0.3) is 0 Å². The van der Waals surface area contributed by atoms with E-state index < -0.39 is 0 Å². The molecule has 0 radical (unpaired) electrons. The Morgan fingerprint density at radius 2 is 1.88 bits per heavy atom. The Balaban J connectivity index is 1.53. The number of pyridine rings is 1. The molecule has 0 saturated carbocycles. The molecule has 1 fully saturated rings. The molecule has 0 aliphatic carbocycles. The molecule has 1 aliphatic heterocycles. The topological polar surface area (TPSA) is 72.9 Å². The van der Waals surface area contributed by atoms with Crippen molar-refractivity contribution in [3.05, 3.63) is 42.6 Å². The largest absolute Gasteiger partial charge is 0.497 e. The van der Waals surface area contributed by atoms with Crippen LogP contribution in [0.25, 0.3) is 0 Å². The van der Waals surface area contributed by atoms with Crippen LogP contribution in [0.2, 0.25) is 0 Å². The fraction of sp³-hybridized carbons (Fsp3) is 0.294. The molecule has 1 aromatic heterocycles. The zero-order valence-corrected chi connectivity index (χ0v) is 13.6. The van der Waals surface area contributed by atoms with E-state index in [1.54, 1.807) is 49.6 Å². The van der Waals surface area contributed by atoms with Crippen molar-refractivity contribution in [2.24, 2.45) is 0 Å². The Bertz CT molecular complexity index is 680. The van der Waals surface area contributed by atoms with Crippen molar-refractivity contribution in [2.45, 2.75) is 6.10 Å². The molecule has 7 nitrogen and oxygen atoms in total. The molecule has 126 valence electrons. The van der Waals surface area contributed by atoms with E-state index in [1.165, 1.54) is 0 Å². The van der Waals surface area contributed by atoms with Gasteiger partial charge in [0.2, 0.25) is 5.88 Å². The highest BCUT2D eigenvalue weighted by Crippen LogP contribution is 2.26. The van der Waals surface area contributed by atoms with Crippen molar-refractivity contribution in [3.8, 4) is 17.4 Å². The molecule has 2 aromatic rings. The number of rotatable bonds is 5. The highest BCUT2D eigenvalue weighted by atomic mass is 16.5. The summed E-state index contributed by atoms with van der Waals surface area (Å²) in [5.41, 5.74) is 0.616. The van der Waals surface area contributed by atoms with Crippen LogP contribution in [0.1, 0.15) is 0 Å². The molecule has 0 spiro atoms. The minimum atomic E-state index is -0.189. The van der Waals surface area contributed by atoms with Crippen LogP contribution in [0.4, 0.5) is 10.5 Å². The van der Waals surface area contributed by atoms with Gasteiger partial charge in [-0.15, -0.1) is 0 Å². The minimum absolute atomic E-state index is 0.0366. The van der Waals surface area contributed by atoms with Crippen LogP contribution < -0.4 is 19.5 Å². The number of carbonyl (C=O) groups excluding carboxylic acids is 1. The van der Waals surface area contributed by atoms with E-state index in [2.05, 4.69) is 10.3 Å². The number of urea groups is 1. The van der Waals surface area contributed by atoms with Gasteiger partial charge in [0.05, 0.1) is 27.3 Å². The first-order valence-corrected chi connectivity index (χ1v) is 7.54. The van der Waals surface area contributed by atoms with Crippen LogP contribution in [-0.2, 0) is 0 Å². The number of hydrogen-bond donors (Lipinski definition) is 1. The van der Waals surface area contributed by atoms with Gasteiger partial charge >= 0.3 is 6.03 Å². The highest BCUT2D eigenvalue weighted by molar-refractivity contribution is 5.90. The molecular weight excluding hydrogens is 310 g/mol. The van der Waals surface area contributed by atoms with Gasteiger partial charge in [-0.2, -0.15) is 0 Å². The second-order valence-corrected chi connectivity index (χ2v) is 5.34. The summed E-state index contributed by atoms with van der Waals surface area (Å²) in [7, 11) is 3.13. The molecule has 3 rings (SSSR count). The van der Waals surface area contributed by atoms with E-state index in [9.17, 15) is 4.79 Å². The van der Waals surface area contributed by atoms with Crippen molar-refractivity contribution in [1.29, 1.82) is 0 Å². The zero-order chi connectivity index (χ0) is 16.9. The van der Waals surface area contributed by atoms with Crippen LogP contribution in [0, 0.1) is 0 Å². The number of hydrogen-bond acceptors (Lipinski definition) is 5. The minimum Gasteiger partial charge on any atom is -0.497 e. The Hall–Kier alpha value is -2.96. The average molecular weight is 329 g/mol. The molecule has 0 unspecified atom stereocenters. The number of likely N-dealkylation sites (tertiary alicyclic amines) is 1. The maximum absolute atomic E-state index is 12.3. The molecule has 1 aliphatic rings. The van der Waals surface area contributed by atoms with Crippen molar-refractivity contribution >= 4 is 11.7 Å². The number of amides is 2. The van der Waals surface area contributed by atoms with Crippen LogP contribution in [0.3, 0.4) is 0 Å². The number of methoxy groups -OCH3 is 2. The lowest BCUT2D eigenvalue weighted by molar-refractivity contribution is 0.0461. The Morgan fingerprint density at radius 1 is 1.17 bits per heavy atom. The Kier molecular flexibility index (Phi) is 4.69. The molecule has 24 heavy (non-hydrogen) atoms. The second-order valence-electron chi connectivity index (χ2n) is 5.34. The lowest BCUT2D eigenvalue weighted by atomic mass is 10.2. The number of benzene rings is 1. The summed E-state index contributed by atoms with van der Waals surface area (Å²) in [5, 5.41) is 2.83. The van der Waals surface area contributed by atoms with Gasteiger partial charge in [-0.1, -0.05) is 6.07 Å². The molecule has 0 bridgehead atoms. The van der Waals surface area contributed by atoms with Gasteiger partial charge in [-0.05, 0) is 6.07 Å². The molecular formula is C17H19N3O4. The normalized spacial score (nSPS) is 13.8. The summed E-state index contributed by atoms with van der Waals surface area (Å²) in [6, 6.07) is 10.5. The number of aromatic nitrogens is 1. The summed E-state index contributed by atoms with van der Waals surface area (Å²) >= 11 is 0. The highest BCUT2D eigenvalue weighted by Gasteiger charge is 2.32. The van der Waals surface area contributed by atoms with Crippen molar-refractivity contribution < 1.29 is 19.0 Å². The van der Waals surface area contributed by atoms with Crippen molar-refractivity contribution in [3.63, 3.8) is 0 Å². The molecule has 1 aromatic carbocycles. The van der Waals surface area contributed by atoms with E-state index in [0.717, 1.165) is 0 Å². The van der Waals surface area contributed by atoms with Gasteiger partial charge in [-0.3, -0.25) is 0 Å². The van der Waals surface area contributed by atoms with Gasteiger partial charge in [-0.25, -0.2) is 9.78 Å². The van der Waals surface area contributed by atoms with Gasteiger partial charge < -0.3 is 24.4 Å². The summed E-state index contributed by atoms with van der Waals surface area (Å²) in [5.74, 6) is 1.80. The standard InChI is InChI=1S/C17H19N3O4/c1-22-13-7-12(8-14(9-13)23-2)19-17(21)20-10-15(11-20)24-16-5-3-4-6-18-16/h3-9,15H,10-11H2,1-2H3,(H,19,21). The number of anilines is 1. The van der Waals surface area contributed by atoms with Gasteiger partial charge in [0.15, 0.2) is 0 Å². The average Bonchev–Trinajstić information content (AvgIpc) is 2.58. The molecule has 7 heteroatoms. The molecule has 1 saturated heterocycles.